The normalized spacial score (nSPS) is 5.82. The molecule has 0 rings (SSSR count). The molecule has 0 atom stereocenters. The number of carbonyl (C=O) groups excluding carboxylic acids is 3. The summed E-state index contributed by atoms with van der Waals surface area (Å²) in [5.41, 5.74) is 0. The number of rotatable bonds is 0. The van der Waals surface area contributed by atoms with Crippen molar-refractivity contribution in [3.05, 3.63) is 0 Å². The zero-order valence-corrected chi connectivity index (χ0v) is 10.7. The van der Waals surface area contributed by atoms with E-state index in [2.05, 4.69) is 14.7 Å². The standard InChI is InChI=1S/3CH2O4.2Er/c3*2-1(3)5-4;;/h3*4H,(H,2,3);;/q;;;2*+3/p-6. The average Bonchev–Trinajstić information content (AvgIpc) is 2.19. The van der Waals surface area contributed by atoms with Crippen LogP contribution >= 0.6 is 0 Å². The molecule has 0 saturated heterocycles. The monoisotopic (exact) mass is 560 g/mol. The molecular weight excluding hydrogens is 563 g/mol. The summed E-state index contributed by atoms with van der Waals surface area (Å²) >= 11 is 0. The molecule has 0 aliphatic carbocycles. The van der Waals surface area contributed by atoms with Crippen molar-refractivity contribution in [2.75, 3.05) is 0 Å². The summed E-state index contributed by atoms with van der Waals surface area (Å²) < 4.78 is 0. The van der Waals surface area contributed by atoms with Crippen molar-refractivity contribution in [2.24, 2.45) is 0 Å². The second-order valence-electron chi connectivity index (χ2n) is 1.00. The molecule has 0 aromatic rings. The van der Waals surface area contributed by atoms with E-state index in [1.807, 2.05) is 0 Å². The van der Waals surface area contributed by atoms with Gasteiger partial charge in [-0.05, 0) is 0 Å². The predicted octanol–water partition coefficient (Wildman–Crippen LogP) is -7.14. The molecule has 0 N–H and O–H groups in total. The Morgan fingerprint density at radius 3 is 0.647 bits per heavy atom. The molecule has 14 heteroatoms. The zero-order chi connectivity index (χ0) is 12.9. The summed E-state index contributed by atoms with van der Waals surface area (Å²) in [6, 6.07) is 0. The van der Waals surface area contributed by atoms with Crippen LogP contribution in [0, 0.1) is 74.6 Å². The first-order valence-corrected chi connectivity index (χ1v) is 2.34. The van der Waals surface area contributed by atoms with Gasteiger partial charge in [0.05, 0.1) is 0 Å². The van der Waals surface area contributed by atoms with E-state index in [-0.39, 0.29) is 74.6 Å². The number of hydrogen-bond donors (Lipinski definition) is 0. The summed E-state index contributed by atoms with van der Waals surface area (Å²) in [6.07, 6.45) is -6.15. The van der Waals surface area contributed by atoms with Crippen molar-refractivity contribution in [1.82, 2.24) is 0 Å². The second-order valence-corrected chi connectivity index (χ2v) is 1.00. The van der Waals surface area contributed by atoms with Crippen molar-refractivity contribution in [2.45, 2.75) is 0 Å². The Hall–Kier alpha value is 0.184. The minimum absolute atomic E-state index is 0. The molecule has 0 heterocycles. The van der Waals surface area contributed by atoms with Crippen molar-refractivity contribution in [1.29, 1.82) is 0 Å². The fourth-order valence-corrected chi connectivity index (χ4v) is 0. The third-order valence-corrected chi connectivity index (χ3v) is 0.204. The van der Waals surface area contributed by atoms with E-state index in [1.165, 1.54) is 0 Å². The van der Waals surface area contributed by atoms with Crippen LogP contribution < -0.4 is 31.1 Å². The Morgan fingerprint density at radius 2 is 0.647 bits per heavy atom. The SMILES string of the molecule is O=C([O-])O[O-].O=C([O-])O[O-].O=C([O-])O[O-].[Er+3].[Er+3]. The van der Waals surface area contributed by atoms with Crippen molar-refractivity contribution in [3.63, 3.8) is 0 Å². The molecule has 17 heavy (non-hydrogen) atoms. The van der Waals surface area contributed by atoms with Gasteiger partial charge in [0.15, 0.2) is 0 Å². The molecule has 0 fully saturated rings. The van der Waals surface area contributed by atoms with Crippen molar-refractivity contribution in [3.8, 4) is 0 Å². The molecular formula is C3Er2O12. The zero-order valence-electron chi connectivity index (χ0n) is 6.98. The number of carboxylic acid groups (broad SMARTS) is 3. The third kappa shape index (κ3) is 85.1. The van der Waals surface area contributed by atoms with Gasteiger partial charge in [0, 0.05) is 0 Å². The Balaban J connectivity index is -0.0000000400. The summed E-state index contributed by atoms with van der Waals surface area (Å²) in [6.45, 7) is 0. The molecule has 0 aliphatic heterocycles. The van der Waals surface area contributed by atoms with Gasteiger partial charge in [0.25, 0.3) is 0 Å². The van der Waals surface area contributed by atoms with Gasteiger partial charge in [0.1, 0.15) is 0 Å². The molecule has 0 saturated carbocycles. The fourth-order valence-electron chi connectivity index (χ4n) is 0. The first-order chi connectivity index (χ1) is 6.81. The quantitative estimate of drug-likeness (QED) is 0.199. The van der Waals surface area contributed by atoms with E-state index in [0.717, 1.165) is 0 Å². The molecule has 0 spiro atoms. The minimum atomic E-state index is -2.05. The third-order valence-electron chi connectivity index (χ3n) is 0.204. The second kappa shape index (κ2) is 25.1. The molecule has 12 nitrogen and oxygen atoms in total. The molecule has 0 aliphatic rings. The van der Waals surface area contributed by atoms with Gasteiger partial charge < -0.3 is 60.1 Å². The van der Waals surface area contributed by atoms with E-state index in [4.69, 9.17) is 45.5 Å². The summed E-state index contributed by atoms with van der Waals surface area (Å²) in [5, 5.41) is 51.6. The number of carbonyl (C=O) groups is 3. The first-order valence-electron chi connectivity index (χ1n) is 2.34. The van der Waals surface area contributed by atoms with E-state index in [1.54, 1.807) is 0 Å². The van der Waals surface area contributed by atoms with Gasteiger partial charge in [-0.25, -0.2) is 0 Å². The largest absolute Gasteiger partial charge is 3.00 e. The van der Waals surface area contributed by atoms with E-state index in [9.17, 15) is 0 Å². The molecule has 0 amide bonds. The minimum Gasteiger partial charge on any atom is -0.755 e. The van der Waals surface area contributed by atoms with Crippen LogP contribution in [-0.4, -0.2) is 18.5 Å². The summed E-state index contributed by atoms with van der Waals surface area (Å²) in [4.78, 5) is 33.1. The Labute approximate surface area is 151 Å². The average molecular weight is 563 g/mol. The summed E-state index contributed by atoms with van der Waals surface area (Å²) in [7, 11) is 0. The predicted molar refractivity (Wildman–Crippen MR) is 19.4 cm³/mol. The smallest absolute Gasteiger partial charge is 0.755 e. The van der Waals surface area contributed by atoms with Crippen LogP contribution in [-0.2, 0) is 14.7 Å². The van der Waals surface area contributed by atoms with Crippen LogP contribution in [0.3, 0.4) is 0 Å². The summed E-state index contributed by atoms with van der Waals surface area (Å²) in [5.74, 6) is 0. The van der Waals surface area contributed by atoms with Gasteiger partial charge >= 0.3 is 74.6 Å². The van der Waals surface area contributed by atoms with Gasteiger partial charge in [-0.2, -0.15) is 0 Å². The molecule has 0 unspecified atom stereocenters. The fraction of sp³-hybridized carbons (Fsp3) is 0. The topological polar surface area (TPSA) is 217 Å². The van der Waals surface area contributed by atoms with Crippen LogP contribution in [0.4, 0.5) is 14.4 Å². The number of hydrogen-bond acceptors (Lipinski definition) is 12. The van der Waals surface area contributed by atoms with Gasteiger partial charge in [0.2, 0.25) is 18.5 Å². The first kappa shape index (κ1) is 30.3. The molecule has 2 radical (unpaired) electrons. The van der Waals surface area contributed by atoms with E-state index < -0.39 is 18.5 Å². The Kier molecular flexibility index (Phi) is 44.8. The molecule has 108 valence electrons. The Bertz CT molecular complexity index is 159. The maximum absolute atomic E-state index is 8.72. The van der Waals surface area contributed by atoms with Gasteiger partial charge in [-0.1, -0.05) is 0 Å². The van der Waals surface area contributed by atoms with Crippen molar-refractivity contribution < 1.29 is 135 Å². The molecule has 0 aromatic heterocycles. The van der Waals surface area contributed by atoms with Gasteiger partial charge in [-0.15, -0.1) is 0 Å². The maximum Gasteiger partial charge on any atom is 3.00 e. The van der Waals surface area contributed by atoms with E-state index >= 15 is 0 Å². The van der Waals surface area contributed by atoms with Gasteiger partial charge in [-0.3, -0.25) is 0 Å². The van der Waals surface area contributed by atoms with Crippen LogP contribution in [0.2, 0.25) is 0 Å². The molecule has 0 aromatic carbocycles. The molecule has 0 bridgehead atoms. The van der Waals surface area contributed by atoms with Crippen LogP contribution in [0.5, 0.6) is 0 Å². The van der Waals surface area contributed by atoms with E-state index in [0.29, 0.717) is 0 Å². The van der Waals surface area contributed by atoms with Crippen LogP contribution in [0.15, 0.2) is 0 Å². The van der Waals surface area contributed by atoms with Crippen LogP contribution in [0.25, 0.3) is 0 Å². The Morgan fingerprint density at radius 1 is 0.588 bits per heavy atom. The van der Waals surface area contributed by atoms with Crippen LogP contribution in [0.1, 0.15) is 0 Å². The maximum atomic E-state index is 8.72. The van der Waals surface area contributed by atoms with Crippen molar-refractivity contribution >= 4 is 18.5 Å².